The zero-order valence-corrected chi connectivity index (χ0v) is 16.2. The van der Waals surface area contributed by atoms with Crippen molar-refractivity contribution in [3.8, 4) is 10.6 Å². The van der Waals surface area contributed by atoms with Gasteiger partial charge in [-0.15, -0.1) is 11.3 Å². The molecule has 1 fully saturated rings. The number of halogens is 3. The number of aliphatic hydroxyl groups excluding tert-OH is 3. The molecule has 12 heteroatoms. The number of hydrogen-bond donors (Lipinski definition) is 5. The van der Waals surface area contributed by atoms with Crippen LogP contribution in [0.1, 0.15) is 12.1 Å². The molecule has 1 aliphatic carbocycles. The number of benzene rings is 1. The highest BCUT2D eigenvalue weighted by Gasteiger charge is 2.43. The molecule has 0 unspecified atom stereocenters. The summed E-state index contributed by atoms with van der Waals surface area (Å²) in [5.41, 5.74) is 4.43. The summed E-state index contributed by atoms with van der Waals surface area (Å²) in [4.78, 5) is 11.6. The number of hydrogen-bond acceptors (Lipinski definition) is 9. The maximum absolute atomic E-state index is 13.8. The number of nitrogen functional groups attached to an aromatic ring is 1. The molecule has 6 N–H and O–H groups in total. The Morgan fingerprint density at radius 2 is 1.87 bits per heavy atom. The van der Waals surface area contributed by atoms with Crippen molar-refractivity contribution in [3.63, 3.8) is 0 Å². The van der Waals surface area contributed by atoms with E-state index in [-0.39, 0.29) is 29.4 Å². The minimum atomic E-state index is -4.83. The van der Waals surface area contributed by atoms with E-state index >= 15 is 0 Å². The number of rotatable bonds is 4. The van der Waals surface area contributed by atoms with Crippen LogP contribution in [-0.4, -0.2) is 55.1 Å². The molecule has 0 bridgehead atoms. The average Bonchev–Trinajstić information content (AvgIpc) is 3.23. The fourth-order valence-corrected chi connectivity index (χ4v) is 4.61. The standard InChI is InChI=1S/C18H18F3N5O3S/c19-18(20,21)14-11(16-24-8-3-1-2-4-10(8)30-16)15(26-17(22)25-14)23-9-5-7(6-27)12(28)13(9)29/h1-4,7,9,12-13,27-29H,5-6H2,(H3,22,23,25,26)/t7-,9-,12-,13+/m1/s1. The molecule has 4 atom stereocenters. The summed E-state index contributed by atoms with van der Waals surface area (Å²) in [6.07, 6.45) is -7.23. The Hall–Kier alpha value is -2.54. The maximum atomic E-state index is 13.8. The summed E-state index contributed by atoms with van der Waals surface area (Å²) < 4.78 is 42.1. The van der Waals surface area contributed by atoms with Crippen LogP contribution in [-0.2, 0) is 6.18 Å². The molecule has 0 aliphatic heterocycles. The van der Waals surface area contributed by atoms with Gasteiger partial charge in [0.15, 0.2) is 5.69 Å². The van der Waals surface area contributed by atoms with Crippen molar-refractivity contribution >= 4 is 33.3 Å². The largest absolute Gasteiger partial charge is 0.434 e. The zero-order chi connectivity index (χ0) is 21.6. The SMILES string of the molecule is Nc1nc(N[C@@H]2C[C@H](CO)[C@@H](O)[C@H]2O)c(-c2nc3ccccc3s2)c(C(F)(F)F)n1. The Morgan fingerprint density at radius 1 is 1.13 bits per heavy atom. The zero-order valence-electron chi connectivity index (χ0n) is 15.3. The Labute approximate surface area is 172 Å². The van der Waals surface area contributed by atoms with Crippen molar-refractivity contribution in [1.29, 1.82) is 0 Å². The molecule has 0 amide bonds. The lowest BCUT2D eigenvalue weighted by atomic mass is 10.1. The lowest BCUT2D eigenvalue weighted by molar-refractivity contribution is -0.140. The number of aromatic nitrogens is 3. The van der Waals surface area contributed by atoms with Gasteiger partial charge in [0.1, 0.15) is 16.9 Å². The van der Waals surface area contributed by atoms with Crippen molar-refractivity contribution in [3.05, 3.63) is 30.0 Å². The van der Waals surface area contributed by atoms with Crippen LogP contribution in [0.3, 0.4) is 0 Å². The number of nitrogens with two attached hydrogens (primary N) is 1. The van der Waals surface area contributed by atoms with Crippen molar-refractivity contribution < 1.29 is 28.5 Å². The van der Waals surface area contributed by atoms with E-state index in [9.17, 15) is 28.5 Å². The predicted octanol–water partition coefficient (Wildman–Crippen LogP) is 1.87. The summed E-state index contributed by atoms with van der Waals surface area (Å²) in [6.45, 7) is -0.374. The van der Waals surface area contributed by atoms with Crippen LogP contribution in [0.25, 0.3) is 20.8 Å². The van der Waals surface area contributed by atoms with Crippen LogP contribution in [0.15, 0.2) is 24.3 Å². The summed E-state index contributed by atoms with van der Waals surface area (Å²) in [6, 6.07) is 6.04. The van der Waals surface area contributed by atoms with Crippen LogP contribution in [0.4, 0.5) is 24.9 Å². The van der Waals surface area contributed by atoms with Gasteiger partial charge in [0.05, 0.1) is 27.9 Å². The first kappa shape index (κ1) is 20.7. The molecule has 1 aliphatic rings. The van der Waals surface area contributed by atoms with E-state index in [1.165, 1.54) is 0 Å². The smallest absolute Gasteiger partial charge is 0.396 e. The van der Waals surface area contributed by atoms with E-state index in [0.29, 0.717) is 10.2 Å². The molecule has 3 aromatic rings. The molecule has 1 saturated carbocycles. The maximum Gasteiger partial charge on any atom is 0.434 e. The quantitative estimate of drug-likeness (QED) is 0.414. The minimum Gasteiger partial charge on any atom is -0.396 e. The number of aliphatic hydroxyl groups is 3. The van der Waals surface area contributed by atoms with E-state index in [4.69, 9.17) is 5.73 Å². The summed E-state index contributed by atoms with van der Waals surface area (Å²) >= 11 is 1.04. The van der Waals surface area contributed by atoms with Gasteiger partial charge in [-0.05, 0) is 18.6 Å². The van der Waals surface area contributed by atoms with Gasteiger partial charge < -0.3 is 26.4 Å². The molecule has 0 radical (unpaired) electrons. The third-order valence-electron chi connectivity index (χ3n) is 5.06. The van der Waals surface area contributed by atoms with Gasteiger partial charge in [-0.1, -0.05) is 12.1 Å². The van der Waals surface area contributed by atoms with Gasteiger partial charge in [-0.25, -0.2) is 9.97 Å². The monoisotopic (exact) mass is 441 g/mol. The highest BCUT2D eigenvalue weighted by atomic mass is 32.1. The highest BCUT2D eigenvalue weighted by molar-refractivity contribution is 7.21. The fourth-order valence-electron chi connectivity index (χ4n) is 3.59. The van der Waals surface area contributed by atoms with E-state index < -0.39 is 42.0 Å². The molecule has 1 aromatic carbocycles. The molecule has 0 spiro atoms. The Balaban J connectivity index is 1.85. The average molecular weight is 441 g/mol. The van der Waals surface area contributed by atoms with E-state index in [2.05, 4.69) is 20.3 Å². The molecule has 2 heterocycles. The first-order valence-electron chi connectivity index (χ1n) is 9.03. The number of alkyl halides is 3. The molecule has 160 valence electrons. The molecular weight excluding hydrogens is 423 g/mol. The lowest BCUT2D eigenvalue weighted by Crippen LogP contribution is -2.36. The third-order valence-corrected chi connectivity index (χ3v) is 6.11. The van der Waals surface area contributed by atoms with Crippen molar-refractivity contribution in [1.82, 2.24) is 15.0 Å². The van der Waals surface area contributed by atoms with Crippen LogP contribution < -0.4 is 11.1 Å². The summed E-state index contributed by atoms with van der Waals surface area (Å²) in [5, 5.41) is 32.4. The van der Waals surface area contributed by atoms with Crippen molar-refractivity contribution in [2.75, 3.05) is 17.7 Å². The summed E-state index contributed by atoms with van der Waals surface area (Å²) in [7, 11) is 0. The molecule has 4 rings (SSSR count). The Bertz CT molecular complexity index is 1040. The van der Waals surface area contributed by atoms with Crippen LogP contribution >= 0.6 is 11.3 Å². The minimum absolute atomic E-state index is 0.0396. The third kappa shape index (κ3) is 3.67. The number of fused-ring (bicyclic) bond motifs is 1. The molecule has 30 heavy (non-hydrogen) atoms. The van der Waals surface area contributed by atoms with E-state index in [1.807, 2.05) is 0 Å². The second-order valence-electron chi connectivity index (χ2n) is 7.05. The van der Waals surface area contributed by atoms with E-state index in [0.717, 1.165) is 11.3 Å². The molecule has 0 saturated heterocycles. The second-order valence-corrected chi connectivity index (χ2v) is 8.08. The topological polar surface area (TPSA) is 137 Å². The normalized spacial score (nSPS) is 24.5. The Kier molecular flexibility index (Phi) is 5.26. The molecule has 2 aromatic heterocycles. The second kappa shape index (κ2) is 7.61. The van der Waals surface area contributed by atoms with Gasteiger partial charge >= 0.3 is 6.18 Å². The van der Waals surface area contributed by atoms with Gasteiger partial charge in [0.25, 0.3) is 0 Å². The molecular formula is C18H18F3N5O3S. The number of anilines is 2. The number of thiazole rings is 1. The van der Waals surface area contributed by atoms with Crippen molar-refractivity contribution in [2.45, 2.75) is 30.8 Å². The number of para-hydroxylation sites is 1. The van der Waals surface area contributed by atoms with Crippen LogP contribution in [0.2, 0.25) is 0 Å². The van der Waals surface area contributed by atoms with Crippen LogP contribution in [0.5, 0.6) is 0 Å². The molecule has 8 nitrogen and oxygen atoms in total. The predicted molar refractivity (Wildman–Crippen MR) is 105 cm³/mol. The van der Waals surface area contributed by atoms with Gasteiger partial charge in [0, 0.05) is 12.5 Å². The van der Waals surface area contributed by atoms with Crippen molar-refractivity contribution in [2.24, 2.45) is 5.92 Å². The van der Waals surface area contributed by atoms with Gasteiger partial charge in [-0.3, -0.25) is 0 Å². The first-order valence-corrected chi connectivity index (χ1v) is 9.85. The van der Waals surface area contributed by atoms with Crippen LogP contribution in [0, 0.1) is 5.92 Å². The first-order chi connectivity index (χ1) is 14.2. The highest BCUT2D eigenvalue weighted by Crippen LogP contribution is 2.43. The van der Waals surface area contributed by atoms with Gasteiger partial charge in [0.2, 0.25) is 5.95 Å². The number of nitrogens with zero attached hydrogens (tertiary/aromatic N) is 3. The lowest BCUT2D eigenvalue weighted by Gasteiger charge is -2.21. The van der Waals surface area contributed by atoms with E-state index in [1.54, 1.807) is 24.3 Å². The fraction of sp³-hybridized carbons (Fsp3) is 0.389. The Morgan fingerprint density at radius 3 is 2.50 bits per heavy atom. The number of nitrogens with one attached hydrogen (secondary N) is 1. The van der Waals surface area contributed by atoms with Gasteiger partial charge in [-0.2, -0.15) is 18.2 Å². The summed E-state index contributed by atoms with van der Waals surface area (Å²) in [5.74, 6) is -1.46.